The Morgan fingerprint density at radius 2 is 1.80 bits per heavy atom. The standard InChI is InChI=1S/C29H38BN3O7/c1-18(2)16-22(30-33(5,15-14-26(36)39-30)19(3)29(38)40-30)17-25(35)27(20(4)34)32-28(37)24-13-9-12-23(31-24)21-10-7-6-8-11-21/h6-13,18-20,22,27,34H,14-17H2,1-5H3,(H,32,37)/t19-,20-,22-,27+,30?,33?/m1/s1. The van der Waals surface area contributed by atoms with Crippen molar-refractivity contribution in [3.63, 3.8) is 0 Å². The lowest BCUT2D eigenvalue weighted by molar-refractivity contribution is -0.837. The second-order valence-corrected chi connectivity index (χ2v) is 11.7. The normalized spacial score (nSPS) is 26.3. The molecule has 2 saturated heterocycles. The fraction of sp³-hybridized carbons (Fsp3) is 0.483. The Morgan fingerprint density at radius 3 is 2.45 bits per heavy atom. The van der Waals surface area contributed by atoms with Crippen LogP contribution >= 0.6 is 0 Å². The maximum atomic E-state index is 13.7. The highest BCUT2D eigenvalue weighted by molar-refractivity contribution is 6.67. The topological polar surface area (TPSA) is 132 Å². The van der Waals surface area contributed by atoms with E-state index in [1.807, 2.05) is 51.2 Å². The second-order valence-electron chi connectivity index (χ2n) is 11.7. The molecule has 214 valence electrons. The summed E-state index contributed by atoms with van der Waals surface area (Å²) in [5.74, 6) is -2.54. The quantitative estimate of drug-likeness (QED) is 0.431. The van der Waals surface area contributed by atoms with Gasteiger partial charge in [-0.1, -0.05) is 56.7 Å². The van der Waals surface area contributed by atoms with Crippen LogP contribution in [0.2, 0.25) is 5.82 Å². The number of nitrogens with one attached hydrogen (secondary N) is 1. The number of nitrogens with zero attached hydrogens (tertiary/aromatic N) is 2. The Labute approximate surface area is 234 Å². The number of aliphatic hydroxyl groups excluding tert-OH is 1. The van der Waals surface area contributed by atoms with Crippen LogP contribution in [0.5, 0.6) is 0 Å². The van der Waals surface area contributed by atoms with Crippen molar-refractivity contribution >= 4 is 30.3 Å². The van der Waals surface area contributed by atoms with Crippen molar-refractivity contribution in [2.45, 2.75) is 71.0 Å². The molecule has 2 unspecified atom stereocenters. The number of amides is 1. The molecule has 4 rings (SSSR count). The SMILES string of the molecule is CC(C)C[C@H](CC(=O)[C@@H](NC(=O)c1cccc(-c2ccccc2)n1)[C@@H](C)O)[B-]12OC(=O)CC[N+]1(C)[C@H](C)C(=O)O2. The van der Waals surface area contributed by atoms with Gasteiger partial charge in [0.2, 0.25) is 0 Å². The lowest BCUT2D eigenvalue weighted by atomic mass is 9.50. The predicted molar refractivity (Wildman–Crippen MR) is 149 cm³/mol. The fourth-order valence-corrected chi connectivity index (χ4v) is 6.12. The zero-order valence-corrected chi connectivity index (χ0v) is 23.7. The van der Waals surface area contributed by atoms with Gasteiger partial charge in [0.25, 0.3) is 11.9 Å². The first kappa shape index (κ1) is 29.4. The lowest BCUT2D eigenvalue weighted by Gasteiger charge is -2.56. The van der Waals surface area contributed by atoms with E-state index in [1.165, 1.54) is 6.92 Å². The number of carbonyl (C=O) groups is 4. The first-order valence-electron chi connectivity index (χ1n) is 13.9. The van der Waals surface area contributed by atoms with Crippen molar-refractivity contribution in [1.82, 2.24) is 10.3 Å². The molecule has 0 saturated carbocycles. The van der Waals surface area contributed by atoms with Gasteiger partial charge in [0, 0.05) is 12.6 Å². The molecule has 2 aromatic rings. The van der Waals surface area contributed by atoms with Crippen LogP contribution in [0.15, 0.2) is 48.5 Å². The van der Waals surface area contributed by atoms with E-state index in [0.717, 1.165) is 5.56 Å². The average molecular weight is 551 g/mol. The number of likely N-dealkylation sites (N-methyl/N-ethyl adjacent to an activating group) is 1. The number of hydrogen-bond donors (Lipinski definition) is 2. The Hall–Kier alpha value is -3.57. The summed E-state index contributed by atoms with van der Waals surface area (Å²) < 4.78 is 11.9. The first-order valence-corrected chi connectivity index (χ1v) is 13.9. The number of carbonyl (C=O) groups excluding carboxylic acids is 4. The number of ketones is 1. The van der Waals surface area contributed by atoms with Crippen LogP contribution in [0.4, 0.5) is 0 Å². The number of aromatic nitrogens is 1. The molecule has 1 aromatic carbocycles. The van der Waals surface area contributed by atoms with Crippen LogP contribution in [0, 0.1) is 5.92 Å². The summed E-state index contributed by atoms with van der Waals surface area (Å²) >= 11 is 0. The average Bonchev–Trinajstić information content (AvgIpc) is 3.12. The second kappa shape index (κ2) is 11.5. The molecule has 3 heterocycles. The molecule has 6 atom stereocenters. The first-order chi connectivity index (χ1) is 18.9. The van der Waals surface area contributed by atoms with Crippen molar-refractivity contribution < 1.29 is 38.0 Å². The molecule has 40 heavy (non-hydrogen) atoms. The van der Waals surface area contributed by atoms with Gasteiger partial charge in [-0.25, -0.2) is 9.78 Å². The number of hydrogen-bond acceptors (Lipinski definition) is 8. The van der Waals surface area contributed by atoms with Crippen LogP contribution < -0.4 is 5.32 Å². The molecule has 2 fully saturated rings. The Bertz CT molecular complexity index is 1280. The van der Waals surface area contributed by atoms with E-state index in [9.17, 15) is 24.3 Å². The third kappa shape index (κ3) is 5.53. The van der Waals surface area contributed by atoms with E-state index in [2.05, 4.69) is 10.3 Å². The zero-order valence-electron chi connectivity index (χ0n) is 23.7. The molecule has 1 aromatic heterocycles. The maximum absolute atomic E-state index is 13.7. The molecule has 2 aliphatic rings. The van der Waals surface area contributed by atoms with Gasteiger partial charge in [0.05, 0.1) is 24.8 Å². The van der Waals surface area contributed by atoms with Gasteiger partial charge in [0.1, 0.15) is 17.8 Å². The summed E-state index contributed by atoms with van der Waals surface area (Å²) in [6.45, 7) is 4.92. The summed E-state index contributed by atoms with van der Waals surface area (Å²) in [4.78, 5) is 56.7. The van der Waals surface area contributed by atoms with E-state index < -0.39 is 54.3 Å². The Kier molecular flexibility index (Phi) is 8.46. The lowest BCUT2D eigenvalue weighted by Crippen LogP contribution is -2.73. The van der Waals surface area contributed by atoms with Gasteiger partial charge in [-0.05, 0) is 44.1 Å². The molecule has 0 radical (unpaired) electrons. The van der Waals surface area contributed by atoms with Crippen molar-refractivity contribution in [2.75, 3.05) is 13.6 Å². The highest BCUT2D eigenvalue weighted by atomic mass is 16.7. The summed E-state index contributed by atoms with van der Waals surface area (Å²) in [7, 11) is 1.83. The number of pyridine rings is 1. The van der Waals surface area contributed by atoms with Gasteiger partial charge in [-0.15, -0.1) is 0 Å². The highest BCUT2D eigenvalue weighted by Crippen LogP contribution is 2.47. The molecule has 0 bridgehead atoms. The molecule has 0 aliphatic carbocycles. The highest BCUT2D eigenvalue weighted by Gasteiger charge is 2.69. The number of aliphatic hydroxyl groups is 1. The summed E-state index contributed by atoms with van der Waals surface area (Å²) in [6.07, 6.45) is -0.788. The predicted octanol–water partition coefficient (Wildman–Crippen LogP) is 2.88. The van der Waals surface area contributed by atoms with Crippen LogP contribution in [0.1, 0.15) is 57.4 Å². The molecule has 0 spiro atoms. The summed E-state index contributed by atoms with van der Waals surface area (Å²) in [5, 5.41) is 13.2. The minimum Gasteiger partial charge on any atom is -0.604 e. The van der Waals surface area contributed by atoms with Crippen molar-refractivity contribution in [3.8, 4) is 11.3 Å². The Morgan fingerprint density at radius 1 is 1.10 bits per heavy atom. The number of quaternary nitrogens is 1. The van der Waals surface area contributed by atoms with Crippen molar-refractivity contribution in [3.05, 3.63) is 54.2 Å². The van der Waals surface area contributed by atoms with Crippen LogP contribution in [0.3, 0.4) is 0 Å². The zero-order chi connectivity index (χ0) is 29.2. The van der Waals surface area contributed by atoms with Crippen LogP contribution in [0.25, 0.3) is 11.3 Å². The largest absolute Gasteiger partial charge is 0.604 e. The van der Waals surface area contributed by atoms with Crippen molar-refractivity contribution in [2.24, 2.45) is 5.92 Å². The minimum atomic E-state index is -2.55. The number of fused-ring (bicyclic) bond motifs is 1. The summed E-state index contributed by atoms with van der Waals surface area (Å²) in [5.41, 5.74) is 1.53. The van der Waals surface area contributed by atoms with Gasteiger partial charge in [-0.2, -0.15) is 0 Å². The van der Waals surface area contributed by atoms with Gasteiger partial charge in [0.15, 0.2) is 5.78 Å². The minimum absolute atomic E-state index is 0.0805. The molecule has 2 N–H and O–H groups in total. The van der Waals surface area contributed by atoms with E-state index in [0.29, 0.717) is 18.7 Å². The van der Waals surface area contributed by atoms with E-state index in [4.69, 9.17) is 9.31 Å². The molecule has 10 nitrogen and oxygen atoms in total. The third-order valence-electron chi connectivity index (χ3n) is 8.43. The molecular formula is C29H38BN3O7. The van der Waals surface area contributed by atoms with Crippen molar-refractivity contribution in [1.29, 1.82) is 0 Å². The van der Waals surface area contributed by atoms with Crippen LogP contribution in [-0.2, 0) is 23.7 Å². The van der Waals surface area contributed by atoms with Gasteiger partial charge < -0.3 is 24.1 Å². The number of rotatable bonds is 10. The van der Waals surface area contributed by atoms with E-state index in [-0.39, 0.29) is 28.8 Å². The third-order valence-corrected chi connectivity index (χ3v) is 8.43. The van der Waals surface area contributed by atoms with Crippen LogP contribution in [-0.4, -0.2) is 76.6 Å². The molecular weight excluding hydrogens is 513 g/mol. The molecule has 1 amide bonds. The van der Waals surface area contributed by atoms with E-state index >= 15 is 0 Å². The summed E-state index contributed by atoms with van der Waals surface area (Å²) in [6, 6.07) is 12.6. The fourth-order valence-electron chi connectivity index (χ4n) is 6.12. The van der Waals surface area contributed by atoms with E-state index in [1.54, 1.807) is 25.1 Å². The number of Topliss-reactive ketones (excluding diaryl/α,β-unsaturated/α-hetero) is 1. The monoisotopic (exact) mass is 551 g/mol. The maximum Gasteiger partial charge on any atom is 0.587 e. The molecule has 11 heteroatoms. The van der Waals surface area contributed by atoms with Gasteiger partial charge >= 0.3 is 12.7 Å². The molecule has 2 aliphatic heterocycles. The Balaban J connectivity index is 1.59. The smallest absolute Gasteiger partial charge is 0.587 e. The number of benzene rings is 1. The van der Waals surface area contributed by atoms with Gasteiger partial charge in [-0.3, -0.25) is 14.4 Å².